The summed E-state index contributed by atoms with van der Waals surface area (Å²) in [5.41, 5.74) is 1.74. The fourth-order valence-electron chi connectivity index (χ4n) is 3.95. The second kappa shape index (κ2) is 9.26. The number of nitrogens with zero attached hydrogens (tertiary/aromatic N) is 1. The Kier molecular flexibility index (Phi) is 6.43. The van der Waals surface area contributed by atoms with Gasteiger partial charge in [0.25, 0.3) is 0 Å². The van der Waals surface area contributed by atoms with Crippen LogP contribution in [-0.4, -0.2) is 32.5 Å². The molecule has 1 aromatic heterocycles. The number of fused-ring (bicyclic) bond motifs is 1. The largest absolute Gasteiger partial charge is 0.495 e. The Morgan fingerprint density at radius 1 is 1.12 bits per heavy atom. The number of methoxy groups -OCH3 is 1. The van der Waals surface area contributed by atoms with E-state index in [1.165, 1.54) is 25.3 Å². The first-order valence-electron chi connectivity index (χ1n) is 10.6. The van der Waals surface area contributed by atoms with Crippen LogP contribution in [0.4, 0.5) is 0 Å². The molecule has 32 heavy (non-hydrogen) atoms. The Morgan fingerprint density at radius 3 is 2.62 bits per heavy atom. The summed E-state index contributed by atoms with van der Waals surface area (Å²) in [7, 11) is -2.44. The van der Waals surface area contributed by atoms with Gasteiger partial charge in [0.15, 0.2) is 0 Å². The van der Waals surface area contributed by atoms with E-state index < -0.39 is 22.1 Å². The molecule has 1 saturated carbocycles. The van der Waals surface area contributed by atoms with Gasteiger partial charge in [-0.3, -0.25) is 4.98 Å². The lowest BCUT2D eigenvalue weighted by Crippen LogP contribution is -2.33. The summed E-state index contributed by atoms with van der Waals surface area (Å²) in [5, 5.41) is 0.948. The van der Waals surface area contributed by atoms with Crippen LogP contribution in [0.1, 0.15) is 54.6 Å². The number of sulfonamides is 1. The van der Waals surface area contributed by atoms with Gasteiger partial charge in [-0.2, -0.15) is 0 Å². The smallest absolute Gasteiger partial charge is 0.338 e. The molecular weight excluding hydrogens is 428 g/mol. The third-order valence-electron chi connectivity index (χ3n) is 5.73. The zero-order valence-electron chi connectivity index (χ0n) is 18.1. The normalized spacial score (nSPS) is 15.6. The van der Waals surface area contributed by atoms with Crippen LogP contribution in [0.2, 0.25) is 0 Å². The topological polar surface area (TPSA) is 94.6 Å². The van der Waals surface area contributed by atoms with E-state index in [4.69, 9.17) is 9.47 Å². The minimum absolute atomic E-state index is 0.0682. The highest BCUT2D eigenvalue weighted by Gasteiger charge is 2.27. The van der Waals surface area contributed by atoms with E-state index in [1.807, 2.05) is 30.3 Å². The Bertz CT molecular complexity index is 1240. The molecule has 0 aliphatic heterocycles. The second-order valence-electron chi connectivity index (χ2n) is 7.98. The highest BCUT2D eigenvalue weighted by Crippen LogP contribution is 2.28. The fraction of sp³-hybridized carbons (Fsp3) is 0.333. The van der Waals surface area contributed by atoms with Gasteiger partial charge in [-0.15, -0.1) is 0 Å². The molecule has 8 heteroatoms. The molecule has 2 aromatic carbocycles. The van der Waals surface area contributed by atoms with E-state index in [1.54, 1.807) is 13.1 Å². The van der Waals surface area contributed by atoms with Crippen LogP contribution < -0.4 is 9.46 Å². The van der Waals surface area contributed by atoms with Crippen molar-refractivity contribution in [3.05, 3.63) is 65.9 Å². The Morgan fingerprint density at radius 2 is 1.88 bits per heavy atom. The summed E-state index contributed by atoms with van der Waals surface area (Å²) in [6.45, 7) is 1.76. The molecule has 0 spiro atoms. The van der Waals surface area contributed by atoms with Crippen molar-refractivity contribution in [2.45, 2.75) is 49.6 Å². The Labute approximate surface area is 187 Å². The molecule has 1 unspecified atom stereocenters. The summed E-state index contributed by atoms with van der Waals surface area (Å²) in [6.07, 6.45) is 4.73. The summed E-state index contributed by atoms with van der Waals surface area (Å²) in [4.78, 5) is 17.2. The molecule has 1 aliphatic carbocycles. The number of para-hydroxylation sites is 1. The maximum absolute atomic E-state index is 13.0. The molecule has 0 amide bonds. The molecule has 1 fully saturated rings. The van der Waals surface area contributed by atoms with Gasteiger partial charge < -0.3 is 9.47 Å². The van der Waals surface area contributed by atoms with Crippen LogP contribution in [0, 0.1) is 0 Å². The Hall–Kier alpha value is -2.97. The SMILES string of the molecule is COc1ccc(C(=O)OC(C)c2cnc3ccccc3c2)cc1S(=O)(=O)NC1CCCC1. The van der Waals surface area contributed by atoms with Crippen molar-refractivity contribution < 1.29 is 22.7 Å². The molecule has 1 atom stereocenters. The van der Waals surface area contributed by atoms with Gasteiger partial charge in [0.05, 0.1) is 18.2 Å². The minimum atomic E-state index is -3.84. The van der Waals surface area contributed by atoms with E-state index in [2.05, 4.69) is 9.71 Å². The van der Waals surface area contributed by atoms with E-state index in [-0.39, 0.29) is 22.3 Å². The molecule has 0 radical (unpaired) electrons. The highest BCUT2D eigenvalue weighted by molar-refractivity contribution is 7.89. The van der Waals surface area contributed by atoms with E-state index in [0.717, 1.165) is 42.1 Å². The van der Waals surface area contributed by atoms with E-state index in [9.17, 15) is 13.2 Å². The molecule has 1 aliphatic rings. The third-order valence-corrected chi connectivity index (χ3v) is 7.27. The number of carbonyl (C=O) groups excluding carboxylic acids is 1. The number of ether oxygens (including phenoxy) is 2. The Balaban J connectivity index is 1.55. The number of esters is 1. The van der Waals surface area contributed by atoms with Crippen molar-refractivity contribution in [3.63, 3.8) is 0 Å². The molecule has 0 bridgehead atoms. The number of hydrogen-bond acceptors (Lipinski definition) is 6. The quantitative estimate of drug-likeness (QED) is 0.533. The highest BCUT2D eigenvalue weighted by atomic mass is 32.2. The molecular formula is C24H26N2O5S. The van der Waals surface area contributed by atoms with E-state index in [0.29, 0.717) is 0 Å². The average Bonchev–Trinajstić information content (AvgIpc) is 3.30. The van der Waals surface area contributed by atoms with Gasteiger partial charge >= 0.3 is 5.97 Å². The van der Waals surface area contributed by atoms with Gasteiger partial charge in [0.1, 0.15) is 16.7 Å². The second-order valence-corrected chi connectivity index (χ2v) is 9.66. The lowest BCUT2D eigenvalue weighted by Gasteiger charge is -2.17. The van der Waals surface area contributed by atoms with Crippen LogP contribution >= 0.6 is 0 Å². The predicted octanol–water partition coefficient (Wildman–Crippen LogP) is 4.38. The lowest BCUT2D eigenvalue weighted by molar-refractivity contribution is 0.0337. The summed E-state index contributed by atoms with van der Waals surface area (Å²) < 4.78 is 39.5. The van der Waals surface area contributed by atoms with Crippen LogP contribution in [0.5, 0.6) is 5.75 Å². The monoisotopic (exact) mass is 454 g/mol. The first-order chi connectivity index (χ1) is 15.4. The van der Waals surface area contributed by atoms with Crippen LogP contribution in [0.15, 0.2) is 59.6 Å². The van der Waals surface area contributed by atoms with Crippen molar-refractivity contribution in [3.8, 4) is 5.75 Å². The van der Waals surface area contributed by atoms with Crippen molar-refractivity contribution in [1.29, 1.82) is 0 Å². The van der Waals surface area contributed by atoms with Gasteiger partial charge in [-0.1, -0.05) is 31.0 Å². The molecule has 7 nitrogen and oxygen atoms in total. The number of hydrogen-bond donors (Lipinski definition) is 1. The molecule has 3 aromatic rings. The average molecular weight is 455 g/mol. The van der Waals surface area contributed by atoms with Crippen LogP contribution in [-0.2, 0) is 14.8 Å². The van der Waals surface area contributed by atoms with E-state index >= 15 is 0 Å². The summed E-state index contributed by atoms with van der Waals surface area (Å²) in [5.74, 6) is -0.440. The van der Waals surface area contributed by atoms with Crippen molar-refractivity contribution in [2.24, 2.45) is 0 Å². The number of rotatable bonds is 7. The summed E-state index contributed by atoms with van der Waals surface area (Å²) >= 11 is 0. The van der Waals surface area contributed by atoms with Crippen LogP contribution in [0.25, 0.3) is 10.9 Å². The number of carbonyl (C=O) groups is 1. The first kappa shape index (κ1) is 22.2. The molecule has 0 saturated heterocycles. The number of aromatic nitrogens is 1. The van der Waals surface area contributed by atoms with Gasteiger partial charge in [-0.25, -0.2) is 17.9 Å². The zero-order chi connectivity index (χ0) is 22.7. The van der Waals surface area contributed by atoms with Crippen LogP contribution in [0.3, 0.4) is 0 Å². The van der Waals surface area contributed by atoms with Crippen molar-refractivity contribution >= 4 is 26.9 Å². The predicted molar refractivity (Wildman–Crippen MR) is 121 cm³/mol. The van der Waals surface area contributed by atoms with Gasteiger partial charge in [0, 0.05) is 23.2 Å². The fourth-order valence-corrected chi connectivity index (χ4v) is 5.45. The van der Waals surface area contributed by atoms with Crippen molar-refractivity contribution in [2.75, 3.05) is 7.11 Å². The molecule has 1 heterocycles. The number of benzene rings is 2. The maximum Gasteiger partial charge on any atom is 0.338 e. The minimum Gasteiger partial charge on any atom is -0.495 e. The standard InChI is InChI=1S/C24H26N2O5S/c1-16(19-13-17-7-3-6-10-21(17)25-15-19)31-24(27)18-11-12-22(30-2)23(14-18)32(28,29)26-20-8-4-5-9-20/h3,6-7,10-16,20,26H,4-5,8-9H2,1-2H3. The molecule has 1 N–H and O–H groups in total. The zero-order valence-corrected chi connectivity index (χ0v) is 18.9. The number of nitrogens with one attached hydrogen (secondary N) is 1. The van der Waals surface area contributed by atoms with Crippen molar-refractivity contribution in [1.82, 2.24) is 9.71 Å². The first-order valence-corrected chi connectivity index (χ1v) is 12.1. The maximum atomic E-state index is 13.0. The van der Waals surface area contributed by atoms with Gasteiger partial charge in [0.2, 0.25) is 10.0 Å². The number of pyridine rings is 1. The molecule has 4 rings (SSSR count). The third kappa shape index (κ3) is 4.76. The summed E-state index contributed by atoms with van der Waals surface area (Å²) in [6, 6.07) is 13.8. The molecule has 168 valence electrons. The van der Waals surface area contributed by atoms with Gasteiger partial charge in [-0.05, 0) is 50.1 Å². The lowest BCUT2D eigenvalue weighted by atomic mass is 10.1.